The average Bonchev–Trinajstić information content (AvgIpc) is 2.93. The van der Waals surface area contributed by atoms with Gasteiger partial charge in [-0.3, -0.25) is 0 Å². The van der Waals surface area contributed by atoms with Crippen molar-refractivity contribution in [2.75, 3.05) is 5.75 Å². The van der Waals surface area contributed by atoms with E-state index in [0.29, 0.717) is 6.04 Å². The van der Waals surface area contributed by atoms with Crippen molar-refractivity contribution in [2.24, 2.45) is 0 Å². The molecule has 4 heteroatoms. The van der Waals surface area contributed by atoms with E-state index in [1.807, 2.05) is 18.0 Å². The number of imidazole rings is 1. The van der Waals surface area contributed by atoms with Crippen LogP contribution in [0.2, 0.25) is 0 Å². The summed E-state index contributed by atoms with van der Waals surface area (Å²) in [5.41, 5.74) is 1.44. The molecule has 2 aromatic rings. The van der Waals surface area contributed by atoms with Crippen LogP contribution >= 0.6 is 11.8 Å². The third-order valence-electron chi connectivity index (χ3n) is 3.73. The Hall–Kier alpha value is -1.26. The lowest BCUT2D eigenvalue weighted by molar-refractivity contribution is 0.486. The minimum absolute atomic E-state index is 0.458. The van der Waals surface area contributed by atoms with E-state index in [1.165, 1.54) is 22.6 Å². The maximum absolute atomic E-state index is 4.47. The molecule has 2 heterocycles. The predicted octanol–water partition coefficient (Wildman–Crippen LogP) is 3.62. The SMILES string of the molecule is CCCn1ccnc1CNC1CCSc2ccccc21. The molecule has 1 aromatic heterocycles. The number of benzene rings is 1. The number of aryl methyl sites for hydroxylation is 1. The summed E-state index contributed by atoms with van der Waals surface area (Å²) >= 11 is 1.97. The summed E-state index contributed by atoms with van der Waals surface area (Å²) in [5.74, 6) is 2.33. The Morgan fingerprint density at radius 1 is 1.40 bits per heavy atom. The fourth-order valence-corrected chi connectivity index (χ4v) is 3.85. The number of aromatic nitrogens is 2. The molecule has 1 aliphatic rings. The summed E-state index contributed by atoms with van der Waals surface area (Å²) in [6, 6.07) is 9.20. The number of nitrogens with zero attached hydrogens (tertiary/aromatic N) is 2. The van der Waals surface area contributed by atoms with Crippen molar-refractivity contribution in [2.45, 2.75) is 43.8 Å². The van der Waals surface area contributed by atoms with Gasteiger partial charge < -0.3 is 9.88 Å². The maximum Gasteiger partial charge on any atom is 0.122 e. The van der Waals surface area contributed by atoms with Gasteiger partial charge in [0.25, 0.3) is 0 Å². The van der Waals surface area contributed by atoms with Gasteiger partial charge in [0.2, 0.25) is 0 Å². The summed E-state index contributed by atoms with van der Waals surface area (Å²) in [4.78, 5) is 5.89. The number of nitrogens with one attached hydrogen (secondary N) is 1. The first-order valence-electron chi connectivity index (χ1n) is 7.33. The molecule has 1 aromatic carbocycles. The Labute approximate surface area is 124 Å². The van der Waals surface area contributed by atoms with Crippen LogP contribution < -0.4 is 5.32 Å². The fraction of sp³-hybridized carbons (Fsp3) is 0.438. The largest absolute Gasteiger partial charge is 0.334 e. The Bertz CT molecular complexity index is 564. The minimum atomic E-state index is 0.458. The third-order valence-corrected chi connectivity index (χ3v) is 4.85. The van der Waals surface area contributed by atoms with Crippen LogP contribution in [0.15, 0.2) is 41.6 Å². The van der Waals surface area contributed by atoms with E-state index in [-0.39, 0.29) is 0 Å². The number of rotatable bonds is 5. The molecule has 0 saturated heterocycles. The van der Waals surface area contributed by atoms with Crippen molar-refractivity contribution in [3.8, 4) is 0 Å². The molecule has 1 unspecified atom stereocenters. The van der Waals surface area contributed by atoms with Crippen LogP contribution in [-0.2, 0) is 13.1 Å². The number of hydrogen-bond acceptors (Lipinski definition) is 3. The summed E-state index contributed by atoms with van der Waals surface area (Å²) in [5, 5.41) is 3.68. The van der Waals surface area contributed by atoms with Crippen molar-refractivity contribution in [1.82, 2.24) is 14.9 Å². The van der Waals surface area contributed by atoms with Crippen molar-refractivity contribution in [3.63, 3.8) is 0 Å². The molecule has 0 bridgehead atoms. The van der Waals surface area contributed by atoms with Crippen LogP contribution in [0.25, 0.3) is 0 Å². The van der Waals surface area contributed by atoms with Gasteiger partial charge in [-0.25, -0.2) is 4.98 Å². The van der Waals surface area contributed by atoms with Gasteiger partial charge in [-0.15, -0.1) is 11.8 Å². The van der Waals surface area contributed by atoms with Gasteiger partial charge in [0.1, 0.15) is 5.82 Å². The summed E-state index contributed by atoms with van der Waals surface area (Å²) in [6.45, 7) is 4.09. The molecule has 0 fully saturated rings. The zero-order valence-electron chi connectivity index (χ0n) is 11.9. The standard InChI is InChI=1S/C16H21N3S/c1-2-9-19-10-8-17-16(19)12-18-14-7-11-20-15-6-4-3-5-13(14)15/h3-6,8,10,14,18H,2,7,9,11-12H2,1H3. The Morgan fingerprint density at radius 2 is 2.30 bits per heavy atom. The monoisotopic (exact) mass is 287 g/mol. The molecule has 1 aliphatic heterocycles. The van der Waals surface area contributed by atoms with Crippen LogP contribution in [0.5, 0.6) is 0 Å². The second kappa shape index (κ2) is 6.46. The van der Waals surface area contributed by atoms with Crippen LogP contribution in [-0.4, -0.2) is 15.3 Å². The summed E-state index contributed by atoms with van der Waals surface area (Å²) < 4.78 is 2.25. The molecule has 0 radical (unpaired) electrons. The van der Waals surface area contributed by atoms with Gasteiger partial charge in [0.05, 0.1) is 6.54 Å². The van der Waals surface area contributed by atoms with Gasteiger partial charge in [0, 0.05) is 29.9 Å². The van der Waals surface area contributed by atoms with E-state index in [1.54, 1.807) is 0 Å². The summed E-state index contributed by atoms with van der Waals surface area (Å²) in [7, 11) is 0. The number of fused-ring (bicyclic) bond motifs is 1. The molecule has 3 nitrogen and oxygen atoms in total. The van der Waals surface area contributed by atoms with Gasteiger partial charge in [0.15, 0.2) is 0 Å². The van der Waals surface area contributed by atoms with E-state index in [2.05, 4.69) is 52.3 Å². The van der Waals surface area contributed by atoms with Crippen LogP contribution in [0.1, 0.15) is 37.2 Å². The fourth-order valence-electron chi connectivity index (χ4n) is 2.72. The molecule has 20 heavy (non-hydrogen) atoms. The lowest BCUT2D eigenvalue weighted by atomic mass is 10.0. The first-order chi connectivity index (χ1) is 9.88. The van der Waals surface area contributed by atoms with Crippen LogP contribution in [0.3, 0.4) is 0 Å². The Kier molecular flexibility index (Phi) is 4.43. The molecule has 1 N–H and O–H groups in total. The third kappa shape index (κ3) is 2.91. The zero-order chi connectivity index (χ0) is 13.8. The van der Waals surface area contributed by atoms with Gasteiger partial charge in [-0.2, -0.15) is 0 Å². The predicted molar refractivity (Wildman–Crippen MR) is 83.9 cm³/mol. The molecule has 0 amide bonds. The van der Waals surface area contributed by atoms with Crippen LogP contribution in [0, 0.1) is 0 Å². The minimum Gasteiger partial charge on any atom is -0.334 e. The number of hydrogen-bond donors (Lipinski definition) is 1. The van der Waals surface area contributed by atoms with E-state index >= 15 is 0 Å². The Morgan fingerprint density at radius 3 is 3.20 bits per heavy atom. The molecule has 3 rings (SSSR count). The number of thioether (sulfide) groups is 1. The molecule has 106 valence electrons. The second-order valence-corrected chi connectivity index (χ2v) is 6.28. The lowest BCUT2D eigenvalue weighted by Gasteiger charge is -2.26. The van der Waals surface area contributed by atoms with E-state index in [9.17, 15) is 0 Å². The van der Waals surface area contributed by atoms with E-state index < -0.39 is 0 Å². The molecular formula is C16H21N3S. The zero-order valence-corrected chi connectivity index (χ0v) is 12.7. The molecular weight excluding hydrogens is 266 g/mol. The van der Waals surface area contributed by atoms with E-state index in [0.717, 1.165) is 25.3 Å². The van der Waals surface area contributed by atoms with Crippen LogP contribution in [0.4, 0.5) is 0 Å². The van der Waals surface area contributed by atoms with Gasteiger partial charge >= 0.3 is 0 Å². The quantitative estimate of drug-likeness (QED) is 0.911. The summed E-state index contributed by atoms with van der Waals surface area (Å²) in [6.07, 6.45) is 6.31. The smallest absolute Gasteiger partial charge is 0.122 e. The topological polar surface area (TPSA) is 29.9 Å². The first kappa shape index (κ1) is 13.7. The van der Waals surface area contributed by atoms with Crippen molar-refractivity contribution in [1.29, 1.82) is 0 Å². The average molecular weight is 287 g/mol. The molecule has 0 aliphatic carbocycles. The normalized spacial score (nSPS) is 17.9. The maximum atomic E-state index is 4.47. The van der Waals surface area contributed by atoms with Gasteiger partial charge in [-0.1, -0.05) is 25.1 Å². The molecule has 1 atom stereocenters. The van der Waals surface area contributed by atoms with Crippen molar-refractivity contribution in [3.05, 3.63) is 48.0 Å². The molecule has 0 saturated carbocycles. The Balaban J connectivity index is 1.69. The highest BCUT2D eigenvalue weighted by Gasteiger charge is 2.20. The second-order valence-electron chi connectivity index (χ2n) is 5.15. The molecule has 0 spiro atoms. The highest BCUT2D eigenvalue weighted by atomic mass is 32.2. The van der Waals surface area contributed by atoms with Crippen molar-refractivity contribution >= 4 is 11.8 Å². The highest BCUT2D eigenvalue weighted by Crippen LogP contribution is 2.35. The first-order valence-corrected chi connectivity index (χ1v) is 8.32. The highest BCUT2D eigenvalue weighted by molar-refractivity contribution is 7.99. The van der Waals surface area contributed by atoms with Crippen molar-refractivity contribution < 1.29 is 0 Å². The van der Waals surface area contributed by atoms with E-state index in [4.69, 9.17) is 0 Å². The lowest BCUT2D eigenvalue weighted by Crippen LogP contribution is -2.25. The van der Waals surface area contributed by atoms with Gasteiger partial charge in [-0.05, 0) is 30.2 Å².